The largest absolute Gasteiger partial charge is 0.495 e. The summed E-state index contributed by atoms with van der Waals surface area (Å²) < 4.78 is 4.94. The minimum Gasteiger partial charge on any atom is -0.495 e. The zero-order chi connectivity index (χ0) is 9.14. The first-order valence-electron chi connectivity index (χ1n) is 3.46. The van der Waals surface area contributed by atoms with Crippen molar-refractivity contribution in [3.05, 3.63) is 22.6 Å². The van der Waals surface area contributed by atoms with Crippen molar-refractivity contribution in [1.29, 1.82) is 0 Å². The van der Waals surface area contributed by atoms with Crippen LogP contribution in [0.15, 0.2) is 17.3 Å². The van der Waals surface area contributed by atoms with Crippen molar-refractivity contribution in [2.75, 3.05) is 12.8 Å². The fourth-order valence-electron chi connectivity index (χ4n) is 0.969. The van der Waals surface area contributed by atoms with E-state index in [1.807, 2.05) is 0 Å². The van der Waals surface area contributed by atoms with E-state index < -0.39 is 0 Å². The highest BCUT2D eigenvalue weighted by Gasteiger charge is 2.04. The molecular weight excluding hydrogens is 156 g/mol. The molecule has 0 aliphatic rings. The average molecular weight is 166 g/mol. The number of nitrogens with two attached hydrogens (primary N) is 1. The molecule has 0 bridgehead atoms. The molecule has 0 heterocycles. The molecule has 0 atom stereocenters. The Morgan fingerprint density at radius 1 is 1.50 bits per heavy atom. The number of nitrogens with zero attached hydrogens (tertiary/aromatic N) is 1. The first kappa shape index (κ1) is 8.52. The molecule has 0 unspecified atom stereocenters. The molecule has 64 valence electrons. The predicted octanol–water partition coefficient (Wildman–Crippen LogP) is 1.98. The van der Waals surface area contributed by atoms with Gasteiger partial charge in [0.2, 0.25) is 0 Å². The van der Waals surface area contributed by atoms with Gasteiger partial charge >= 0.3 is 0 Å². The van der Waals surface area contributed by atoms with Crippen molar-refractivity contribution < 1.29 is 4.74 Å². The number of rotatable bonds is 2. The minimum atomic E-state index is 0.332. The Labute approximate surface area is 70.3 Å². The van der Waals surface area contributed by atoms with Gasteiger partial charge in [-0.05, 0) is 23.7 Å². The van der Waals surface area contributed by atoms with Crippen LogP contribution < -0.4 is 10.5 Å². The van der Waals surface area contributed by atoms with Gasteiger partial charge in [-0.3, -0.25) is 0 Å². The van der Waals surface area contributed by atoms with E-state index in [-0.39, 0.29) is 0 Å². The maximum absolute atomic E-state index is 10.2. The van der Waals surface area contributed by atoms with Gasteiger partial charge in [0.1, 0.15) is 11.4 Å². The Balaban J connectivity index is 3.28. The summed E-state index contributed by atoms with van der Waals surface area (Å²) >= 11 is 0. The third-order valence-corrected chi connectivity index (χ3v) is 1.66. The molecule has 12 heavy (non-hydrogen) atoms. The molecule has 0 fully saturated rings. The van der Waals surface area contributed by atoms with Gasteiger partial charge in [0, 0.05) is 6.07 Å². The van der Waals surface area contributed by atoms with Gasteiger partial charge in [0.15, 0.2) is 0 Å². The van der Waals surface area contributed by atoms with Crippen molar-refractivity contribution >= 4 is 11.4 Å². The topological polar surface area (TPSA) is 64.7 Å². The number of nitroso groups, excluding NO2 is 1. The van der Waals surface area contributed by atoms with E-state index in [0.29, 0.717) is 17.1 Å². The molecule has 0 saturated carbocycles. The van der Waals surface area contributed by atoms with Crippen LogP contribution in [0.4, 0.5) is 11.4 Å². The normalized spacial score (nSPS) is 9.50. The highest BCUT2D eigenvalue weighted by molar-refractivity contribution is 5.64. The molecule has 4 nitrogen and oxygen atoms in total. The zero-order valence-electron chi connectivity index (χ0n) is 7.00. The summed E-state index contributed by atoms with van der Waals surface area (Å²) in [5, 5.41) is 2.80. The summed E-state index contributed by atoms with van der Waals surface area (Å²) in [6.45, 7) is 1.80. The zero-order valence-corrected chi connectivity index (χ0v) is 7.00. The summed E-state index contributed by atoms with van der Waals surface area (Å²) in [7, 11) is 1.50. The first-order valence-corrected chi connectivity index (χ1v) is 3.46. The molecular formula is C8H10N2O2. The Hall–Kier alpha value is -1.58. The van der Waals surface area contributed by atoms with Crippen LogP contribution in [0.3, 0.4) is 0 Å². The van der Waals surface area contributed by atoms with Crippen LogP contribution in [0.2, 0.25) is 0 Å². The van der Waals surface area contributed by atoms with Gasteiger partial charge in [0.25, 0.3) is 0 Å². The van der Waals surface area contributed by atoms with E-state index >= 15 is 0 Å². The second-order valence-electron chi connectivity index (χ2n) is 2.47. The van der Waals surface area contributed by atoms with Crippen molar-refractivity contribution in [3.63, 3.8) is 0 Å². The number of anilines is 1. The predicted molar refractivity (Wildman–Crippen MR) is 47.6 cm³/mol. The quantitative estimate of drug-likeness (QED) is 0.539. The Bertz CT molecular complexity index is 310. The lowest BCUT2D eigenvalue weighted by Gasteiger charge is -2.06. The van der Waals surface area contributed by atoms with Crippen LogP contribution in [-0.4, -0.2) is 7.11 Å². The summed E-state index contributed by atoms with van der Waals surface area (Å²) in [5.41, 5.74) is 7.32. The summed E-state index contributed by atoms with van der Waals surface area (Å²) in [6, 6.07) is 3.13. The standard InChI is InChI=1S/C8H10N2O2/c1-5-3-6(10-11)4-7(12-2)8(5)9/h3-4H,9H2,1-2H3. The van der Waals surface area contributed by atoms with Crippen LogP contribution in [0.5, 0.6) is 5.75 Å². The van der Waals surface area contributed by atoms with E-state index in [1.165, 1.54) is 13.2 Å². The molecule has 1 rings (SSSR count). The Morgan fingerprint density at radius 2 is 2.17 bits per heavy atom. The maximum atomic E-state index is 10.2. The molecule has 1 aromatic carbocycles. The van der Waals surface area contributed by atoms with Crippen LogP contribution in [-0.2, 0) is 0 Å². The van der Waals surface area contributed by atoms with E-state index in [2.05, 4.69) is 5.18 Å². The van der Waals surface area contributed by atoms with Crippen LogP contribution in [0.1, 0.15) is 5.56 Å². The Kier molecular flexibility index (Phi) is 2.28. The third kappa shape index (κ3) is 1.37. The summed E-state index contributed by atoms with van der Waals surface area (Å²) in [5.74, 6) is 0.490. The number of nitrogen functional groups attached to an aromatic ring is 1. The van der Waals surface area contributed by atoms with Crippen molar-refractivity contribution in [1.82, 2.24) is 0 Å². The molecule has 1 aromatic rings. The van der Waals surface area contributed by atoms with Gasteiger partial charge in [-0.25, -0.2) is 0 Å². The fourth-order valence-corrected chi connectivity index (χ4v) is 0.969. The molecule has 0 amide bonds. The van der Waals surface area contributed by atoms with E-state index in [4.69, 9.17) is 10.5 Å². The molecule has 4 heteroatoms. The van der Waals surface area contributed by atoms with Crippen LogP contribution in [0.25, 0.3) is 0 Å². The number of hydrogen-bond acceptors (Lipinski definition) is 4. The molecule has 0 spiro atoms. The second kappa shape index (κ2) is 3.21. The Morgan fingerprint density at radius 3 is 2.67 bits per heavy atom. The monoisotopic (exact) mass is 166 g/mol. The maximum Gasteiger partial charge on any atom is 0.144 e. The van der Waals surface area contributed by atoms with Gasteiger partial charge in [-0.15, -0.1) is 4.91 Å². The molecule has 0 aromatic heterocycles. The summed E-state index contributed by atoms with van der Waals surface area (Å²) in [6.07, 6.45) is 0. The number of hydrogen-bond donors (Lipinski definition) is 1. The van der Waals surface area contributed by atoms with Crippen molar-refractivity contribution in [3.8, 4) is 5.75 Å². The molecule has 0 radical (unpaired) electrons. The highest BCUT2D eigenvalue weighted by Crippen LogP contribution is 2.30. The molecule has 0 aliphatic heterocycles. The second-order valence-corrected chi connectivity index (χ2v) is 2.47. The number of ether oxygens (including phenoxy) is 1. The fraction of sp³-hybridized carbons (Fsp3) is 0.250. The van der Waals surface area contributed by atoms with Gasteiger partial charge in [-0.1, -0.05) is 0 Å². The number of benzene rings is 1. The minimum absolute atomic E-state index is 0.332. The number of aryl methyl sites for hydroxylation is 1. The lowest BCUT2D eigenvalue weighted by atomic mass is 10.1. The van der Waals surface area contributed by atoms with E-state index in [1.54, 1.807) is 13.0 Å². The van der Waals surface area contributed by atoms with E-state index in [9.17, 15) is 4.91 Å². The SMILES string of the molecule is COc1cc(N=O)cc(C)c1N. The smallest absolute Gasteiger partial charge is 0.144 e. The van der Waals surface area contributed by atoms with Crippen LogP contribution >= 0.6 is 0 Å². The molecule has 0 saturated heterocycles. The lowest BCUT2D eigenvalue weighted by molar-refractivity contribution is 0.417. The van der Waals surface area contributed by atoms with Crippen molar-refractivity contribution in [2.24, 2.45) is 5.18 Å². The van der Waals surface area contributed by atoms with Gasteiger partial charge < -0.3 is 10.5 Å². The molecule has 2 N–H and O–H groups in total. The lowest BCUT2D eigenvalue weighted by Crippen LogP contribution is -1.94. The average Bonchev–Trinajstić information content (AvgIpc) is 2.09. The van der Waals surface area contributed by atoms with E-state index in [0.717, 1.165) is 5.56 Å². The number of methoxy groups -OCH3 is 1. The van der Waals surface area contributed by atoms with Crippen LogP contribution in [0, 0.1) is 11.8 Å². The van der Waals surface area contributed by atoms with Crippen molar-refractivity contribution in [2.45, 2.75) is 6.92 Å². The first-order chi connectivity index (χ1) is 5.69. The highest BCUT2D eigenvalue weighted by atomic mass is 16.5. The third-order valence-electron chi connectivity index (χ3n) is 1.66. The van der Waals surface area contributed by atoms with Gasteiger partial charge in [0.05, 0.1) is 12.8 Å². The molecule has 0 aliphatic carbocycles. The summed E-state index contributed by atoms with van der Waals surface area (Å²) in [4.78, 5) is 10.2. The van der Waals surface area contributed by atoms with Gasteiger partial charge in [-0.2, -0.15) is 0 Å².